The highest BCUT2D eigenvalue weighted by Crippen LogP contribution is 2.47. The fourth-order valence-electron chi connectivity index (χ4n) is 4.81. The lowest BCUT2D eigenvalue weighted by molar-refractivity contribution is -0.109. The average Bonchev–Trinajstić information content (AvgIpc) is 3.45. The van der Waals surface area contributed by atoms with Crippen molar-refractivity contribution in [2.75, 3.05) is 11.5 Å². The van der Waals surface area contributed by atoms with Crippen LogP contribution in [-0.2, 0) is 18.4 Å². The average molecular weight is 654 g/mol. The van der Waals surface area contributed by atoms with Crippen molar-refractivity contribution in [2.45, 2.75) is 109 Å². The highest BCUT2D eigenvalue weighted by atomic mass is 32.2. The van der Waals surface area contributed by atoms with Gasteiger partial charge in [-0.2, -0.15) is 5.26 Å². The van der Waals surface area contributed by atoms with E-state index < -0.39 is 41.2 Å². The Labute approximate surface area is 268 Å². The minimum absolute atomic E-state index is 0.0278. The molecule has 0 radical (unpaired) electrons. The fourth-order valence-corrected chi connectivity index (χ4v) is 8.08. The predicted octanol–water partition coefficient (Wildman–Crippen LogP) is 7.51. The number of nitriles is 1. The summed E-state index contributed by atoms with van der Waals surface area (Å²) in [5, 5.41) is 9.97. The van der Waals surface area contributed by atoms with Crippen molar-refractivity contribution < 1.29 is 18.4 Å². The molecule has 3 aromatic rings. The summed E-state index contributed by atoms with van der Waals surface area (Å²) >= 11 is 1.25. The van der Waals surface area contributed by atoms with Crippen LogP contribution in [-0.4, -0.2) is 60.3 Å². The summed E-state index contributed by atoms with van der Waals surface area (Å²) < 4.78 is 23.3. The summed E-state index contributed by atoms with van der Waals surface area (Å²) in [6.07, 6.45) is 1.59. The largest absolute Gasteiger partial charge is 0.408 e. The van der Waals surface area contributed by atoms with E-state index in [1.807, 2.05) is 22.9 Å². The van der Waals surface area contributed by atoms with E-state index in [1.54, 1.807) is 19.1 Å². The van der Waals surface area contributed by atoms with Crippen molar-refractivity contribution in [3.8, 4) is 17.2 Å². The van der Waals surface area contributed by atoms with Gasteiger partial charge in [0.2, 0.25) is 0 Å². The zero-order chi connectivity index (χ0) is 32.8. The molecule has 0 amide bonds. The number of benzene rings is 1. The van der Waals surface area contributed by atoms with Gasteiger partial charge < -0.3 is 23.9 Å². The molecule has 238 valence electrons. The van der Waals surface area contributed by atoms with Gasteiger partial charge in [0.25, 0.3) is 0 Å². The molecule has 1 fully saturated rings. The lowest BCUT2D eigenvalue weighted by atomic mass is 10.0. The van der Waals surface area contributed by atoms with Crippen LogP contribution < -0.4 is 5.73 Å². The molecule has 9 nitrogen and oxygen atoms in total. The maximum Gasteiger partial charge on any atom is 0.192 e. The predicted molar refractivity (Wildman–Crippen MR) is 183 cm³/mol. The zero-order valence-corrected chi connectivity index (χ0v) is 30.7. The molecule has 44 heavy (non-hydrogen) atoms. The van der Waals surface area contributed by atoms with Gasteiger partial charge in [-0.05, 0) is 54.0 Å². The van der Waals surface area contributed by atoms with Gasteiger partial charge in [-0.1, -0.05) is 65.4 Å². The van der Waals surface area contributed by atoms with E-state index in [4.69, 9.17) is 19.3 Å². The van der Waals surface area contributed by atoms with Gasteiger partial charge in [-0.25, -0.2) is 9.97 Å². The molecule has 0 spiro atoms. The van der Waals surface area contributed by atoms with Crippen LogP contribution >= 0.6 is 11.8 Å². The number of rotatable bonds is 8. The summed E-state index contributed by atoms with van der Waals surface area (Å²) in [5.41, 5.74) is 9.39. The third-order valence-electron chi connectivity index (χ3n) is 9.45. The number of thioether (sulfide) groups is 1. The Morgan fingerprint density at radius 3 is 2.11 bits per heavy atom. The monoisotopic (exact) mass is 653 g/mol. The molecule has 0 aliphatic carbocycles. The molecule has 1 aliphatic rings. The van der Waals surface area contributed by atoms with Crippen LogP contribution in [0.15, 0.2) is 36.8 Å². The van der Waals surface area contributed by atoms with E-state index in [0.717, 1.165) is 11.1 Å². The number of nitrogens with two attached hydrogens (primary N) is 1. The molecule has 1 saturated heterocycles. The highest BCUT2D eigenvalue weighted by Gasteiger charge is 2.54. The van der Waals surface area contributed by atoms with Crippen LogP contribution in [0.5, 0.6) is 0 Å². The van der Waals surface area contributed by atoms with Gasteiger partial charge in [-0.15, -0.1) is 0 Å². The van der Waals surface area contributed by atoms with Crippen molar-refractivity contribution in [3.05, 3.63) is 42.4 Å². The minimum Gasteiger partial charge on any atom is -0.408 e. The van der Waals surface area contributed by atoms with Gasteiger partial charge in [0.1, 0.15) is 30.0 Å². The van der Waals surface area contributed by atoms with Crippen molar-refractivity contribution in [1.82, 2.24) is 14.5 Å². The maximum absolute atomic E-state index is 12.2. The molecule has 4 atom stereocenters. The Hall–Kier alpha value is -2.54. The molecule has 3 heterocycles. The van der Waals surface area contributed by atoms with Crippen molar-refractivity contribution in [2.24, 2.45) is 0 Å². The first-order valence-electron chi connectivity index (χ1n) is 15.0. The molecule has 2 N–H and O–H groups in total. The van der Waals surface area contributed by atoms with Crippen molar-refractivity contribution in [3.63, 3.8) is 0 Å². The lowest BCUT2D eigenvalue weighted by Gasteiger charge is -2.44. The number of hydrogen-bond acceptors (Lipinski definition) is 9. The standard InChI is InChI=1S/C32H47N5O4SSi2/c1-20(38)42-18-24-26(40-43(8,9)31(2,3)4)27(41-44(10,11)32(5,6)7)30(39-24)37-17-23(22-14-12-21(16-33)13-15-22)25-28(34)35-19-36-29(25)37/h12-15,17,19,24,26-27,30H,18H2,1-11H3,(H2,34,35,36)/t24-,26-,27-,30-/m1/s1. The number of carbonyl (C=O) groups is 1. The quantitative estimate of drug-likeness (QED) is 0.246. The molecular weight excluding hydrogens is 607 g/mol. The summed E-state index contributed by atoms with van der Waals surface area (Å²) in [4.78, 5) is 21.2. The zero-order valence-electron chi connectivity index (χ0n) is 27.9. The van der Waals surface area contributed by atoms with Crippen molar-refractivity contribution >= 4 is 50.4 Å². The Balaban J connectivity index is 1.93. The van der Waals surface area contributed by atoms with E-state index in [9.17, 15) is 10.1 Å². The van der Waals surface area contributed by atoms with Gasteiger partial charge in [0.05, 0.1) is 23.1 Å². The second kappa shape index (κ2) is 12.3. The second-order valence-electron chi connectivity index (χ2n) is 14.6. The maximum atomic E-state index is 12.2. The van der Waals surface area contributed by atoms with E-state index >= 15 is 0 Å². The molecular formula is C32H47N5O4SSi2. The van der Waals surface area contributed by atoms with Gasteiger partial charge >= 0.3 is 0 Å². The van der Waals surface area contributed by atoms with Crippen LogP contribution in [0, 0.1) is 11.3 Å². The van der Waals surface area contributed by atoms with Crippen LogP contribution in [0.1, 0.15) is 60.3 Å². The minimum atomic E-state index is -2.35. The van der Waals surface area contributed by atoms with E-state index in [1.165, 1.54) is 18.1 Å². The molecule has 12 heteroatoms. The number of carbonyl (C=O) groups excluding carboxylic acids is 1. The molecule has 2 aromatic heterocycles. The first kappa shape index (κ1) is 34.3. The Morgan fingerprint density at radius 1 is 1.02 bits per heavy atom. The van der Waals surface area contributed by atoms with Crippen molar-refractivity contribution in [1.29, 1.82) is 5.26 Å². The van der Waals surface area contributed by atoms with E-state index in [-0.39, 0.29) is 15.2 Å². The number of fused-ring (bicyclic) bond motifs is 1. The molecule has 0 saturated carbocycles. The van der Waals surface area contributed by atoms with Crippen LogP contribution in [0.4, 0.5) is 5.82 Å². The number of nitrogens with zero attached hydrogens (tertiary/aromatic N) is 4. The summed E-state index contributed by atoms with van der Waals surface area (Å²) in [7, 11) is -4.65. The lowest BCUT2D eigenvalue weighted by Crippen LogP contribution is -2.53. The van der Waals surface area contributed by atoms with Crippen LogP contribution in [0.2, 0.25) is 36.3 Å². The molecule has 0 bridgehead atoms. The summed E-state index contributed by atoms with van der Waals surface area (Å²) in [5.74, 6) is 0.798. The normalized spacial score (nSPS) is 21.5. The summed E-state index contributed by atoms with van der Waals surface area (Å²) in [6.45, 7) is 23.9. The number of ether oxygens (including phenoxy) is 1. The summed E-state index contributed by atoms with van der Waals surface area (Å²) in [6, 6.07) is 9.55. The first-order valence-corrected chi connectivity index (χ1v) is 21.8. The molecule has 0 unspecified atom stereocenters. The Morgan fingerprint density at radius 2 is 1.59 bits per heavy atom. The topological polar surface area (TPSA) is 125 Å². The SMILES string of the molecule is CC(=O)SC[C@H]1O[C@@H](n2cc(-c3ccc(C#N)cc3)c3c(N)ncnc32)[C@H](O[Si](C)(C)C(C)(C)C)[C@@H]1O[Si](C)(C)C(C)(C)C. The van der Waals surface area contributed by atoms with E-state index in [0.29, 0.717) is 28.2 Å². The first-order chi connectivity index (χ1) is 20.3. The van der Waals surface area contributed by atoms with Gasteiger partial charge in [-0.3, -0.25) is 4.79 Å². The fraction of sp³-hybridized carbons (Fsp3) is 0.562. The molecule has 1 aliphatic heterocycles. The third kappa shape index (κ3) is 6.83. The van der Waals surface area contributed by atoms with Crippen LogP contribution in [0.25, 0.3) is 22.2 Å². The highest BCUT2D eigenvalue weighted by molar-refractivity contribution is 8.13. The third-order valence-corrected chi connectivity index (χ3v) is 19.3. The number of hydrogen-bond donors (Lipinski definition) is 1. The second-order valence-corrected chi connectivity index (χ2v) is 25.4. The number of nitrogen functional groups attached to an aromatic ring is 1. The van der Waals surface area contributed by atoms with Gasteiger partial charge in [0.15, 0.2) is 28.0 Å². The van der Waals surface area contributed by atoms with Crippen LogP contribution in [0.3, 0.4) is 0 Å². The number of aromatic nitrogens is 3. The smallest absolute Gasteiger partial charge is 0.192 e. The number of anilines is 1. The Kier molecular flexibility index (Phi) is 9.63. The molecule has 4 rings (SSSR count). The van der Waals surface area contributed by atoms with E-state index in [2.05, 4.69) is 83.8 Å². The molecule has 1 aromatic carbocycles. The van der Waals surface area contributed by atoms with Gasteiger partial charge in [0, 0.05) is 24.4 Å². The Bertz CT molecular complexity index is 1550.